The molecule has 2 aromatic rings. The Kier molecular flexibility index (Phi) is 3.25. The minimum atomic E-state index is -0.290. The molecular formula is C12H10N4O2. The van der Waals surface area contributed by atoms with Gasteiger partial charge >= 0.3 is 0 Å². The van der Waals surface area contributed by atoms with E-state index in [0.717, 1.165) is 0 Å². The van der Waals surface area contributed by atoms with Crippen LogP contribution in [-0.4, -0.2) is 21.2 Å². The molecule has 0 aliphatic heterocycles. The van der Waals surface area contributed by atoms with Gasteiger partial charge in [0.25, 0.3) is 0 Å². The quantitative estimate of drug-likeness (QED) is 0.751. The Morgan fingerprint density at radius 1 is 1.56 bits per heavy atom. The molecule has 2 rings (SSSR count). The van der Waals surface area contributed by atoms with Crippen LogP contribution < -0.4 is 5.32 Å². The van der Waals surface area contributed by atoms with Crippen molar-refractivity contribution in [1.29, 1.82) is 5.26 Å². The zero-order valence-corrected chi connectivity index (χ0v) is 9.34. The summed E-state index contributed by atoms with van der Waals surface area (Å²) in [5.41, 5.74) is 0.963. The highest BCUT2D eigenvalue weighted by Crippen LogP contribution is 2.13. The Morgan fingerprint density at radius 2 is 2.39 bits per heavy atom. The first-order valence-corrected chi connectivity index (χ1v) is 5.20. The third-order valence-electron chi connectivity index (χ3n) is 2.30. The summed E-state index contributed by atoms with van der Waals surface area (Å²) in [4.78, 5) is 11.7. The third-order valence-corrected chi connectivity index (χ3v) is 2.30. The molecule has 0 fully saturated rings. The number of carbonyl (C=O) groups is 1. The molecule has 90 valence electrons. The zero-order valence-electron chi connectivity index (χ0n) is 9.34. The maximum Gasteiger partial charge on any atom is 0.229 e. The van der Waals surface area contributed by atoms with Crippen molar-refractivity contribution in [3.8, 4) is 11.8 Å². The number of aromatic nitrogens is 2. The van der Waals surface area contributed by atoms with E-state index in [4.69, 9.17) is 5.26 Å². The number of phenols is 1. The molecule has 3 N–H and O–H groups in total. The van der Waals surface area contributed by atoms with Gasteiger partial charge in [0.05, 0.1) is 12.6 Å². The fourth-order valence-corrected chi connectivity index (χ4v) is 1.50. The summed E-state index contributed by atoms with van der Waals surface area (Å²) in [6.07, 6.45) is 1.45. The van der Waals surface area contributed by atoms with Crippen LogP contribution in [0.1, 0.15) is 11.1 Å². The summed E-state index contributed by atoms with van der Waals surface area (Å²) >= 11 is 0. The lowest BCUT2D eigenvalue weighted by atomic mass is 10.1. The largest absolute Gasteiger partial charge is 0.508 e. The fraction of sp³-hybridized carbons (Fsp3) is 0.0833. The molecule has 18 heavy (non-hydrogen) atoms. The first kappa shape index (κ1) is 11.7. The summed E-state index contributed by atoms with van der Waals surface area (Å²) in [7, 11) is 0. The molecule has 0 aliphatic rings. The molecule has 0 bridgehead atoms. The number of nitrogens with zero attached hydrogens (tertiary/aromatic N) is 2. The summed E-state index contributed by atoms with van der Waals surface area (Å²) in [5.74, 6) is 0.101. The molecule has 1 heterocycles. The van der Waals surface area contributed by atoms with Crippen molar-refractivity contribution in [3.63, 3.8) is 0 Å². The van der Waals surface area contributed by atoms with Crippen LogP contribution in [0.3, 0.4) is 0 Å². The fourth-order valence-electron chi connectivity index (χ4n) is 1.50. The monoisotopic (exact) mass is 242 g/mol. The normalized spacial score (nSPS) is 9.72. The van der Waals surface area contributed by atoms with Gasteiger partial charge in [0.1, 0.15) is 23.2 Å². The van der Waals surface area contributed by atoms with Crippen molar-refractivity contribution in [3.05, 3.63) is 41.6 Å². The highest BCUT2D eigenvalue weighted by molar-refractivity contribution is 5.92. The number of amides is 1. The molecule has 0 aliphatic carbocycles. The molecule has 1 aromatic carbocycles. The standard InChI is InChI=1S/C12H10N4O2/c13-6-9-7-14-16-12(9)15-11(18)5-8-2-1-3-10(17)4-8/h1-4,7,17H,5H2,(H2,14,15,16,18). The number of phenolic OH excluding ortho intramolecular Hbond substituents is 1. The van der Waals surface area contributed by atoms with Crippen LogP contribution in [0.4, 0.5) is 5.82 Å². The van der Waals surface area contributed by atoms with Gasteiger partial charge in [-0.3, -0.25) is 9.89 Å². The number of nitrogens with one attached hydrogen (secondary N) is 2. The van der Waals surface area contributed by atoms with Gasteiger partial charge in [-0.15, -0.1) is 0 Å². The Morgan fingerprint density at radius 3 is 3.11 bits per heavy atom. The van der Waals surface area contributed by atoms with Crippen LogP contribution in [0.25, 0.3) is 0 Å². The second-order valence-electron chi connectivity index (χ2n) is 3.67. The van der Waals surface area contributed by atoms with E-state index in [1.54, 1.807) is 12.1 Å². The molecular weight excluding hydrogens is 232 g/mol. The van der Waals surface area contributed by atoms with Gasteiger partial charge in [-0.05, 0) is 17.7 Å². The van der Waals surface area contributed by atoms with Crippen LogP contribution in [-0.2, 0) is 11.2 Å². The second kappa shape index (κ2) is 5.01. The molecule has 0 radical (unpaired) electrons. The molecule has 0 saturated carbocycles. The van der Waals surface area contributed by atoms with Gasteiger partial charge in [0.15, 0.2) is 0 Å². The lowest BCUT2D eigenvalue weighted by molar-refractivity contribution is -0.115. The molecule has 0 saturated heterocycles. The Bertz CT molecular complexity index is 613. The number of rotatable bonds is 3. The summed E-state index contributed by atoms with van der Waals surface area (Å²) < 4.78 is 0. The van der Waals surface area contributed by atoms with Gasteiger partial charge in [-0.25, -0.2) is 0 Å². The number of carbonyl (C=O) groups excluding carboxylic acids is 1. The van der Waals surface area contributed by atoms with Crippen molar-refractivity contribution in [2.75, 3.05) is 5.32 Å². The summed E-state index contributed by atoms with van der Waals surface area (Å²) in [5, 5.41) is 26.8. The average Bonchev–Trinajstić information content (AvgIpc) is 2.76. The molecule has 6 nitrogen and oxygen atoms in total. The van der Waals surface area contributed by atoms with E-state index < -0.39 is 0 Å². The van der Waals surface area contributed by atoms with Crippen molar-refractivity contribution in [1.82, 2.24) is 10.2 Å². The molecule has 1 amide bonds. The second-order valence-corrected chi connectivity index (χ2v) is 3.67. The molecule has 0 unspecified atom stereocenters. The van der Waals surface area contributed by atoms with Crippen LogP contribution in [0.5, 0.6) is 5.75 Å². The van der Waals surface area contributed by atoms with Crippen LogP contribution >= 0.6 is 0 Å². The maximum atomic E-state index is 11.7. The number of hydrogen-bond acceptors (Lipinski definition) is 4. The predicted octanol–water partition coefficient (Wildman–Crippen LogP) is 1.17. The van der Waals surface area contributed by atoms with Gasteiger partial charge < -0.3 is 10.4 Å². The lowest BCUT2D eigenvalue weighted by Crippen LogP contribution is -2.15. The smallest absolute Gasteiger partial charge is 0.229 e. The third kappa shape index (κ3) is 2.65. The number of nitriles is 1. The van der Waals surface area contributed by atoms with E-state index in [1.165, 1.54) is 18.3 Å². The number of anilines is 1. The molecule has 1 aromatic heterocycles. The van der Waals surface area contributed by atoms with E-state index in [1.807, 2.05) is 6.07 Å². The highest BCUT2D eigenvalue weighted by Gasteiger charge is 2.09. The van der Waals surface area contributed by atoms with E-state index in [-0.39, 0.29) is 29.5 Å². The molecule has 0 spiro atoms. The van der Waals surface area contributed by atoms with Crippen molar-refractivity contribution < 1.29 is 9.90 Å². The van der Waals surface area contributed by atoms with Crippen LogP contribution in [0.2, 0.25) is 0 Å². The number of hydrogen-bond donors (Lipinski definition) is 3. The summed E-state index contributed by atoms with van der Waals surface area (Å²) in [6.45, 7) is 0. The number of aromatic amines is 1. The van der Waals surface area contributed by atoms with E-state index in [0.29, 0.717) is 5.56 Å². The first-order valence-electron chi connectivity index (χ1n) is 5.20. The van der Waals surface area contributed by atoms with Gasteiger partial charge in [0.2, 0.25) is 5.91 Å². The average molecular weight is 242 g/mol. The van der Waals surface area contributed by atoms with Gasteiger partial charge in [-0.2, -0.15) is 10.4 Å². The number of H-pyrrole nitrogens is 1. The number of aromatic hydroxyl groups is 1. The van der Waals surface area contributed by atoms with E-state index >= 15 is 0 Å². The van der Waals surface area contributed by atoms with E-state index in [9.17, 15) is 9.90 Å². The number of benzene rings is 1. The molecule has 6 heteroatoms. The first-order chi connectivity index (χ1) is 8.69. The van der Waals surface area contributed by atoms with E-state index in [2.05, 4.69) is 15.5 Å². The topological polar surface area (TPSA) is 102 Å². The zero-order chi connectivity index (χ0) is 13.0. The summed E-state index contributed by atoms with van der Waals surface area (Å²) in [6, 6.07) is 8.34. The van der Waals surface area contributed by atoms with Crippen molar-refractivity contribution in [2.24, 2.45) is 0 Å². The van der Waals surface area contributed by atoms with Gasteiger partial charge in [-0.1, -0.05) is 12.1 Å². The van der Waals surface area contributed by atoms with Crippen molar-refractivity contribution in [2.45, 2.75) is 6.42 Å². The molecule has 0 atom stereocenters. The lowest BCUT2D eigenvalue weighted by Gasteiger charge is -2.03. The SMILES string of the molecule is N#Cc1cn[nH]c1NC(=O)Cc1cccc(O)c1. The Hall–Kier alpha value is -2.81. The van der Waals surface area contributed by atoms with Gasteiger partial charge in [0, 0.05) is 0 Å². The predicted molar refractivity (Wildman–Crippen MR) is 63.7 cm³/mol. The Labute approximate surface area is 103 Å². The van der Waals surface area contributed by atoms with Crippen LogP contribution in [0.15, 0.2) is 30.5 Å². The van der Waals surface area contributed by atoms with Crippen molar-refractivity contribution >= 4 is 11.7 Å². The maximum absolute atomic E-state index is 11.7. The minimum absolute atomic E-state index is 0.109. The van der Waals surface area contributed by atoms with Crippen LogP contribution in [0, 0.1) is 11.3 Å². The minimum Gasteiger partial charge on any atom is -0.508 e. The highest BCUT2D eigenvalue weighted by atomic mass is 16.3. The Balaban J connectivity index is 2.04.